The Hall–Kier alpha value is -0.990. The minimum atomic E-state index is -4.54. The molecule has 0 fully saturated rings. The zero-order valence-electron chi connectivity index (χ0n) is 12.5. The van der Waals surface area contributed by atoms with Gasteiger partial charge in [-0.2, -0.15) is 13.2 Å². The molecule has 2 unspecified atom stereocenters. The molecule has 0 aromatic carbocycles. The van der Waals surface area contributed by atoms with Crippen molar-refractivity contribution in [2.75, 3.05) is 7.11 Å². The van der Waals surface area contributed by atoms with Gasteiger partial charge in [0.25, 0.3) is 0 Å². The summed E-state index contributed by atoms with van der Waals surface area (Å²) >= 11 is -1.41. The number of hydrogen-bond acceptors (Lipinski definition) is 4. The Morgan fingerprint density at radius 1 is 1.33 bits per heavy atom. The van der Waals surface area contributed by atoms with Crippen molar-refractivity contribution in [3.8, 4) is 5.75 Å². The molecule has 1 aromatic heterocycles. The van der Waals surface area contributed by atoms with Gasteiger partial charge in [-0.1, -0.05) is 0 Å². The number of rotatable bonds is 4. The molecule has 0 amide bonds. The SMILES string of the molecule is COc1cnc(C(F)(F)F)cc1C(C)N[S+]([O-])C(C)(C)C. The van der Waals surface area contributed by atoms with Gasteiger partial charge in [0.05, 0.1) is 19.3 Å². The van der Waals surface area contributed by atoms with E-state index in [2.05, 4.69) is 9.71 Å². The first-order chi connectivity index (χ1) is 9.46. The molecule has 4 nitrogen and oxygen atoms in total. The fourth-order valence-corrected chi connectivity index (χ4v) is 2.32. The molecule has 1 N–H and O–H groups in total. The van der Waals surface area contributed by atoms with Crippen molar-refractivity contribution in [1.82, 2.24) is 9.71 Å². The number of ether oxygens (including phenoxy) is 1. The quantitative estimate of drug-likeness (QED) is 0.864. The van der Waals surface area contributed by atoms with E-state index in [1.165, 1.54) is 7.11 Å². The smallest absolute Gasteiger partial charge is 0.433 e. The molecule has 0 aliphatic carbocycles. The van der Waals surface area contributed by atoms with E-state index in [1.54, 1.807) is 27.7 Å². The van der Waals surface area contributed by atoms with Gasteiger partial charge in [0.1, 0.15) is 16.2 Å². The number of methoxy groups -OCH3 is 1. The molecule has 0 saturated heterocycles. The zero-order valence-corrected chi connectivity index (χ0v) is 13.4. The molecule has 21 heavy (non-hydrogen) atoms. The van der Waals surface area contributed by atoms with Crippen LogP contribution in [0.5, 0.6) is 5.75 Å². The fourth-order valence-electron chi connectivity index (χ4n) is 1.52. The van der Waals surface area contributed by atoms with Crippen molar-refractivity contribution in [3.63, 3.8) is 0 Å². The van der Waals surface area contributed by atoms with Crippen LogP contribution in [-0.2, 0) is 17.5 Å². The molecule has 0 aliphatic heterocycles. The van der Waals surface area contributed by atoms with Crippen molar-refractivity contribution in [1.29, 1.82) is 0 Å². The van der Waals surface area contributed by atoms with Crippen molar-refractivity contribution in [2.45, 2.75) is 44.7 Å². The third-order valence-electron chi connectivity index (χ3n) is 2.71. The summed E-state index contributed by atoms with van der Waals surface area (Å²) in [4.78, 5) is 3.34. The predicted octanol–water partition coefficient (Wildman–Crippen LogP) is 3.22. The van der Waals surface area contributed by atoms with Crippen molar-refractivity contribution < 1.29 is 22.5 Å². The summed E-state index contributed by atoms with van der Waals surface area (Å²) < 4.78 is 57.5. The molecule has 0 saturated carbocycles. The maximum atomic E-state index is 12.7. The molecule has 8 heteroatoms. The number of nitrogens with zero attached hydrogens (tertiary/aromatic N) is 1. The van der Waals surface area contributed by atoms with Gasteiger partial charge in [-0.05, 0) is 33.8 Å². The average molecular weight is 324 g/mol. The van der Waals surface area contributed by atoms with E-state index in [4.69, 9.17) is 4.74 Å². The monoisotopic (exact) mass is 324 g/mol. The minimum absolute atomic E-state index is 0.217. The largest absolute Gasteiger partial charge is 0.598 e. The first-order valence-electron chi connectivity index (χ1n) is 6.26. The highest BCUT2D eigenvalue weighted by molar-refractivity contribution is 7.90. The molecular formula is C13H19F3N2O2S. The first-order valence-corrected chi connectivity index (χ1v) is 7.41. The van der Waals surface area contributed by atoms with E-state index < -0.39 is 34.0 Å². The van der Waals surface area contributed by atoms with E-state index in [9.17, 15) is 17.7 Å². The van der Waals surface area contributed by atoms with Crippen molar-refractivity contribution in [2.24, 2.45) is 0 Å². The normalized spacial score (nSPS) is 15.7. The fraction of sp³-hybridized carbons (Fsp3) is 0.615. The Morgan fingerprint density at radius 3 is 2.33 bits per heavy atom. The second-order valence-corrected chi connectivity index (χ2v) is 7.53. The van der Waals surface area contributed by atoms with Crippen LogP contribution in [0.4, 0.5) is 13.2 Å². The molecule has 1 rings (SSSR count). The van der Waals surface area contributed by atoms with E-state index in [0.717, 1.165) is 12.3 Å². The van der Waals surface area contributed by atoms with Crippen LogP contribution in [-0.4, -0.2) is 21.4 Å². The Kier molecular flexibility index (Phi) is 5.51. The maximum Gasteiger partial charge on any atom is 0.433 e. The van der Waals surface area contributed by atoms with Gasteiger partial charge < -0.3 is 9.29 Å². The third-order valence-corrected chi connectivity index (χ3v) is 4.39. The molecule has 120 valence electrons. The van der Waals surface area contributed by atoms with Gasteiger partial charge in [0.15, 0.2) is 0 Å². The van der Waals surface area contributed by atoms with Gasteiger partial charge in [-0.3, -0.25) is 0 Å². The summed E-state index contributed by atoms with van der Waals surface area (Å²) in [5, 5.41) is 0. The summed E-state index contributed by atoms with van der Waals surface area (Å²) in [7, 11) is 1.35. The van der Waals surface area contributed by atoms with Crippen molar-refractivity contribution in [3.05, 3.63) is 23.5 Å². The van der Waals surface area contributed by atoms with Crippen LogP contribution < -0.4 is 9.46 Å². The van der Waals surface area contributed by atoms with E-state index in [0.29, 0.717) is 0 Å². The lowest BCUT2D eigenvalue weighted by molar-refractivity contribution is -0.141. The second-order valence-electron chi connectivity index (χ2n) is 5.53. The van der Waals surface area contributed by atoms with Gasteiger partial charge in [0, 0.05) is 16.9 Å². The van der Waals surface area contributed by atoms with Crippen LogP contribution >= 0.6 is 0 Å². The number of nitrogens with one attached hydrogen (secondary N) is 1. The molecule has 0 radical (unpaired) electrons. The topological polar surface area (TPSA) is 57.2 Å². The summed E-state index contributed by atoms with van der Waals surface area (Å²) in [6, 6.07) is 0.334. The standard InChI is InChI=1S/C13H19F3N2O2S/c1-8(18-21(19)12(2,3)4)9-6-11(13(14,15)16)17-7-10(9)20-5/h6-8,18H,1-5H3. The Labute approximate surface area is 125 Å². The molecular weight excluding hydrogens is 305 g/mol. The number of halogens is 3. The van der Waals surface area contributed by atoms with Crippen molar-refractivity contribution >= 4 is 11.4 Å². The Morgan fingerprint density at radius 2 is 1.90 bits per heavy atom. The second kappa shape index (κ2) is 6.41. The van der Waals surface area contributed by atoms with Gasteiger partial charge >= 0.3 is 6.18 Å². The highest BCUT2D eigenvalue weighted by Crippen LogP contribution is 2.33. The molecule has 1 aromatic rings. The van der Waals surface area contributed by atoms with Crippen LogP contribution in [0.2, 0.25) is 0 Å². The highest BCUT2D eigenvalue weighted by Gasteiger charge is 2.35. The predicted molar refractivity (Wildman–Crippen MR) is 75.2 cm³/mol. The molecule has 1 heterocycles. The number of alkyl halides is 3. The molecule has 0 spiro atoms. The lowest BCUT2D eigenvalue weighted by Crippen LogP contribution is -2.40. The molecule has 2 atom stereocenters. The number of aromatic nitrogens is 1. The van der Waals surface area contributed by atoms with E-state index in [-0.39, 0.29) is 11.3 Å². The molecule has 0 bridgehead atoms. The summed E-state index contributed by atoms with van der Waals surface area (Å²) in [5.74, 6) is 0.217. The van der Waals surface area contributed by atoms with Gasteiger partial charge in [-0.15, -0.1) is 4.72 Å². The first kappa shape index (κ1) is 18.1. The van der Waals surface area contributed by atoms with Crippen LogP contribution in [0.1, 0.15) is 45.0 Å². The Balaban J connectivity index is 3.09. The van der Waals surface area contributed by atoms with E-state index >= 15 is 0 Å². The molecule has 0 aliphatic rings. The summed E-state index contributed by atoms with van der Waals surface area (Å²) in [6.07, 6.45) is -3.51. The lowest BCUT2D eigenvalue weighted by Gasteiger charge is -2.27. The summed E-state index contributed by atoms with van der Waals surface area (Å²) in [6.45, 7) is 6.94. The number of hydrogen-bond donors (Lipinski definition) is 1. The Bertz CT molecular complexity index is 489. The maximum absolute atomic E-state index is 12.7. The van der Waals surface area contributed by atoms with Crippen LogP contribution in [0.15, 0.2) is 12.3 Å². The van der Waals surface area contributed by atoms with Crippen LogP contribution in [0.3, 0.4) is 0 Å². The lowest BCUT2D eigenvalue weighted by atomic mass is 10.1. The van der Waals surface area contributed by atoms with Gasteiger partial charge in [0.2, 0.25) is 0 Å². The van der Waals surface area contributed by atoms with Crippen LogP contribution in [0, 0.1) is 0 Å². The zero-order chi connectivity index (χ0) is 16.4. The van der Waals surface area contributed by atoms with E-state index in [1.807, 2.05) is 0 Å². The van der Waals surface area contributed by atoms with Crippen LogP contribution in [0.25, 0.3) is 0 Å². The average Bonchev–Trinajstić information content (AvgIpc) is 2.35. The van der Waals surface area contributed by atoms with Gasteiger partial charge in [-0.25, -0.2) is 4.98 Å². The summed E-state index contributed by atoms with van der Waals surface area (Å²) in [5.41, 5.74) is -0.745. The minimum Gasteiger partial charge on any atom is -0.598 e. The number of pyridine rings is 1. The highest BCUT2D eigenvalue weighted by atomic mass is 32.2. The third kappa shape index (κ3) is 4.76.